The number of carbonyl (C=O) groups is 1. The molecule has 0 spiro atoms. The SMILES string of the molecule is CCCCc1ccc(-n2nnnc2SCC(=O)c2cc(C)[nH]c2C)cc1. The Hall–Kier alpha value is -2.41. The molecule has 0 radical (unpaired) electrons. The second-order valence-electron chi connectivity index (χ2n) is 6.35. The van der Waals surface area contributed by atoms with Crippen LogP contribution in [-0.4, -0.2) is 36.7 Å². The monoisotopic (exact) mass is 369 g/mol. The van der Waals surface area contributed by atoms with E-state index in [1.165, 1.54) is 30.2 Å². The van der Waals surface area contributed by atoms with Crippen LogP contribution in [0.4, 0.5) is 0 Å². The quantitative estimate of drug-likeness (QED) is 0.481. The van der Waals surface area contributed by atoms with Crippen molar-refractivity contribution >= 4 is 17.5 Å². The Kier molecular flexibility index (Phi) is 5.88. The number of unbranched alkanes of at least 4 members (excludes halogenated alkanes) is 1. The topological polar surface area (TPSA) is 76.5 Å². The molecule has 0 saturated carbocycles. The molecule has 0 aliphatic heterocycles. The summed E-state index contributed by atoms with van der Waals surface area (Å²) < 4.78 is 1.68. The molecule has 0 saturated heterocycles. The number of thioether (sulfide) groups is 1. The van der Waals surface area contributed by atoms with Gasteiger partial charge in [-0.2, -0.15) is 4.68 Å². The maximum Gasteiger partial charge on any atom is 0.214 e. The number of hydrogen-bond acceptors (Lipinski definition) is 5. The van der Waals surface area contributed by atoms with E-state index in [1.54, 1.807) is 4.68 Å². The first kappa shape index (κ1) is 18.4. The van der Waals surface area contributed by atoms with E-state index in [9.17, 15) is 4.79 Å². The zero-order valence-corrected chi connectivity index (χ0v) is 16.1. The molecule has 0 aliphatic carbocycles. The normalized spacial score (nSPS) is 11.0. The molecule has 1 N–H and O–H groups in total. The van der Waals surface area contributed by atoms with Crippen LogP contribution in [0, 0.1) is 13.8 Å². The number of nitrogens with zero attached hydrogens (tertiary/aromatic N) is 4. The summed E-state index contributed by atoms with van der Waals surface area (Å²) in [5.41, 5.74) is 4.83. The van der Waals surface area contributed by atoms with Crippen molar-refractivity contribution in [2.24, 2.45) is 0 Å². The predicted molar refractivity (Wildman–Crippen MR) is 103 cm³/mol. The zero-order valence-electron chi connectivity index (χ0n) is 15.3. The van der Waals surface area contributed by atoms with Crippen molar-refractivity contribution in [3.8, 4) is 5.69 Å². The Balaban J connectivity index is 1.68. The number of nitrogens with one attached hydrogen (secondary N) is 1. The highest BCUT2D eigenvalue weighted by Crippen LogP contribution is 2.21. The molecule has 0 fully saturated rings. The number of aromatic nitrogens is 5. The largest absolute Gasteiger partial charge is 0.362 e. The molecule has 3 aromatic rings. The Bertz CT molecular complexity index is 882. The fourth-order valence-corrected chi connectivity index (χ4v) is 3.61. The molecule has 0 bridgehead atoms. The molecular formula is C19H23N5OS. The number of ketones is 1. The summed E-state index contributed by atoms with van der Waals surface area (Å²) in [6.07, 6.45) is 3.45. The Morgan fingerprint density at radius 2 is 2.00 bits per heavy atom. The fourth-order valence-electron chi connectivity index (χ4n) is 2.84. The van der Waals surface area contributed by atoms with Gasteiger partial charge in [0.25, 0.3) is 0 Å². The molecule has 0 aliphatic rings. The van der Waals surface area contributed by atoms with E-state index in [4.69, 9.17) is 0 Å². The Morgan fingerprint density at radius 3 is 2.65 bits per heavy atom. The van der Waals surface area contributed by atoms with Crippen molar-refractivity contribution in [3.05, 3.63) is 52.8 Å². The van der Waals surface area contributed by atoms with E-state index < -0.39 is 0 Å². The zero-order chi connectivity index (χ0) is 18.5. The highest BCUT2D eigenvalue weighted by Gasteiger charge is 2.15. The predicted octanol–water partition coefficient (Wildman–Crippen LogP) is 3.92. The third-order valence-electron chi connectivity index (χ3n) is 4.22. The summed E-state index contributed by atoms with van der Waals surface area (Å²) in [7, 11) is 0. The average molecular weight is 369 g/mol. The standard InChI is InChI=1S/C19H23N5OS/c1-4-5-6-15-7-9-16(10-8-15)24-19(21-22-23-24)26-12-18(25)17-11-13(2)20-14(17)3/h7-11,20H,4-6,12H2,1-3H3. The van der Waals surface area contributed by atoms with E-state index in [0.717, 1.165) is 29.1 Å². The second kappa shape index (κ2) is 8.31. The highest BCUT2D eigenvalue weighted by atomic mass is 32.2. The summed E-state index contributed by atoms with van der Waals surface area (Å²) >= 11 is 1.35. The van der Waals surface area contributed by atoms with Crippen LogP contribution in [0.1, 0.15) is 47.1 Å². The van der Waals surface area contributed by atoms with E-state index in [1.807, 2.05) is 32.0 Å². The van der Waals surface area contributed by atoms with Gasteiger partial charge >= 0.3 is 0 Å². The molecule has 3 rings (SSSR count). The summed E-state index contributed by atoms with van der Waals surface area (Å²) in [5, 5.41) is 12.5. The minimum absolute atomic E-state index is 0.0707. The fraction of sp³-hybridized carbons (Fsp3) is 0.368. The van der Waals surface area contributed by atoms with Gasteiger partial charge in [0, 0.05) is 17.0 Å². The molecule has 7 heteroatoms. The van der Waals surface area contributed by atoms with Crippen molar-refractivity contribution < 1.29 is 4.79 Å². The molecule has 2 aromatic heterocycles. The lowest BCUT2D eigenvalue weighted by atomic mass is 10.1. The first-order chi connectivity index (χ1) is 12.6. The van der Waals surface area contributed by atoms with Gasteiger partial charge in [-0.15, -0.1) is 5.10 Å². The van der Waals surface area contributed by atoms with Gasteiger partial charge in [-0.1, -0.05) is 37.2 Å². The van der Waals surface area contributed by atoms with E-state index in [-0.39, 0.29) is 5.78 Å². The van der Waals surface area contributed by atoms with Crippen LogP contribution in [0.25, 0.3) is 5.69 Å². The van der Waals surface area contributed by atoms with E-state index in [2.05, 4.69) is 39.6 Å². The van der Waals surface area contributed by atoms with E-state index >= 15 is 0 Å². The van der Waals surface area contributed by atoms with Crippen LogP contribution in [0.2, 0.25) is 0 Å². The number of aromatic amines is 1. The molecule has 136 valence electrons. The third-order valence-corrected chi connectivity index (χ3v) is 5.14. The van der Waals surface area contributed by atoms with Crippen LogP contribution >= 0.6 is 11.8 Å². The number of carbonyl (C=O) groups excluding carboxylic acids is 1. The summed E-state index contributed by atoms with van der Waals surface area (Å²) in [6, 6.07) is 10.1. The van der Waals surface area contributed by atoms with Crippen molar-refractivity contribution in [1.82, 2.24) is 25.2 Å². The number of benzene rings is 1. The lowest BCUT2D eigenvalue weighted by Crippen LogP contribution is -2.05. The first-order valence-electron chi connectivity index (χ1n) is 8.78. The lowest BCUT2D eigenvalue weighted by molar-refractivity contribution is 0.102. The average Bonchev–Trinajstić information content (AvgIpc) is 3.24. The van der Waals surface area contributed by atoms with Crippen LogP contribution in [0.3, 0.4) is 0 Å². The van der Waals surface area contributed by atoms with Crippen LogP contribution < -0.4 is 0 Å². The van der Waals surface area contributed by atoms with Gasteiger partial charge in [-0.3, -0.25) is 4.79 Å². The molecule has 2 heterocycles. The van der Waals surface area contributed by atoms with E-state index in [0.29, 0.717) is 10.9 Å². The molecule has 6 nitrogen and oxygen atoms in total. The smallest absolute Gasteiger partial charge is 0.214 e. The molecule has 0 unspecified atom stereocenters. The van der Waals surface area contributed by atoms with Gasteiger partial charge in [0.2, 0.25) is 5.16 Å². The summed E-state index contributed by atoms with van der Waals surface area (Å²) in [4.78, 5) is 15.6. The third kappa shape index (κ3) is 4.22. The van der Waals surface area contributed by atoms with Crippen LogP contribution in [0.5, 0.6) is 0 Å². The molecule has 1 aromatic carbocycles. The maximum absolute atomic E-state index is 12.4. The summed E-state index contributed by atoms with van der Waals surface area (Å²) in [5.74, 6) is 0.369. The van der Waals surface area contributed by atoms with Crippen molar-refractivity contribution in [2.45, 2.75) is 45.2 Å². The number of tetrazole rings is 1. The Labute approximate surface area is 157 Å². The maximum atomic E-state index is 12.4. The molecule has 26 heavy (non-hydrogen) atoms. The van der Waals surface area contributed by atoms with Gasteiger partial charge in [0.1, 0.15) is 0 Å². The summed E-state index contributed by atoms with van der Waals surface area (Å²) in [6.45, 7) is 6.05. The van der Waals surface area contributed by atoms with Crippen LogP contribution in [0.15, 0.2) is 35.5 Å². The first-order valence-corrected chi connectivity index (χ1v) is 9.77. The van der Waals surface area contributed by atoms with Crippen molar-refractivity contribution in [1.29, 1.82) is 0 Å². The van der Waals surface area contributed by atoms with Gasteiger partial charge in [0.15, 0.2) is 5.78 Å². The second-order valence-corrected chi connectivity index (χ2v) is 7.29. The number of H-pyrrole nitrogens is 1. The van der Waals surface area contributed by atoms with Gasteiger partial charge < -0.3 is 4.98 Å². The number of hydrogen-bond donors (Lipinski definition) is 1. The minimum Gasteiger partial charge on any atom is -0.362 e. The van der Waals surface area contributed by atoms with Crippen LogP contribution in [-0.2, 0) is 6.42 Å². The lowest BCUT2D eigenvalue weighted by Gasteiger charge is -2.06. The molecular weight excluding hydrogens is 346 g/mol. The van der Waals surface area contributed by atoms with Crippen molar-refractivity contribution in [2.75, 3.05) is 5.75 Å². The number of Topliss-reactive ketones (excluding diaryl/α,β-unsaturated/α-hetero) is 1. The van der Waals surface area contributed by atoms with Gasteiger partial charge in [-0.25, -0.2) is 0 Å². The van der Waals surface area contributed by atoms with Crippen molar-refractivity contribution in [3.63, 3.8) is 0 Å². The molecule has 0 amide bonds. The minimum atomic E-state index is 0.0707. The highest BCUT2D eigenvalue weighted by molar-refractivity contribution is 7.99. The van der Waals surface area contributed by atoms with Gasteiger partial charge in [0.05, 0.1) is 11.4 Å². The Morgan fingerprint density at radius 1 is 1.23 bits per heavy atom. The molecule has 0 atom stereocenters. The number of aryl methyl sites for hydroxylation is 3. The van der Waals surface area contributed by atoms with Gasteiger partial charge in [-0.05, 0) is 60.9 Å². The number of rotatable bonds is 8.